The maximum absolute atomic E-state index is 13.3. The van der Waals surface area contributed by atoms with E-state index in [1.54, 1.807) is 31.2 Å². The van der Waals surface area contributed by atoms with Gasteiger partial charge in [-0.3, -0.25) is 13.9 Å². The van der Waals surface area contributed by atoms with Gasteiger partial charge in [0.05, 0.1) is 23.2 Å². The number of nitrogens with one attached hydrogen (secondary N) is 2. The zero-order valence-corrected chi connectivity index (χ0v) is 18.9. The van der Waals surface area contributed by atoms with Crippen LogP contribution in [0, 0.1) is 11.7 Å². The minimum atomic E-state index is -3.85. The van der Waals surface area contributed by atoms with Crippen LogP contribution in [-0.2, 0) is 14.8 Å². The van der Waals surface area contributed by atoms with Crippen molar-refractivity contribution in [3.63, 3.8) is 0 Å². The second kappa shape index (κ2) is 10.4. The number of rotatable bonds is 9. The smallest absolute Gasteiger partial charge is 0.253 e. The highest BCUT2D eigenvalue weighted by Crippen LogP contribution is 2.24. The van der Waals surface area contributed by atoms with Crippen molar-refractivity contribution in [2.45, 2.75) is 33.2 Å². The van der Waals surface area contributed by atoms with Crippen LogP contribution >= 0.6 is 0 Å². The van der Waals surface area contributed by atoms with E-state index in [0.717, 1.165) is 22.7 Å². The van der Waals surface area contributed by atoms with Crippen LogP contribution in [0.4, 0.5) is 15.8 Å². The lowest BCUT2D eigenvalue weighted by Gasteiger charge is -2.30. The normalized spacial score (nSPS) is 12.3. The molecule has 0 saturated carbocycles. The molecule has 0 unspecified atom stereocenters. The SMILES string of the molecule is CC[C@H](C(=O)Nc1ccccc1C(=O)NCC(C)C)N(c1ccc(F)cc1)S(C)(=O)=O. The summed E-state index contributed by atoms with van der Waals surface area (Å²) in [4.78, 5) is 25.6. The van der Waals surface area contributed by atoms with Crippen LogP contribution in [0.5, 0.6) is 0 Å². The van der Waals surface area contributed by atoms with Crippen molar-refractivity contribution < 1.29 is 22.4 Å². The molecule has 2 amide bonds. The molecule has 0 aliphatic rings. The summed E-state index contributed by atoms with van der Waals surface area (Å²) in [5.41, 5.74) is 0.729. The Morgan fingerprint density at radius 2 is 1.68 bits per heavy atom. The minimum Gasteiger partial charge on any atom is -0.352 e. The van der Waals surface area contributed by atoms with Gasteiger partial charge in [-0.1, -0.05) is 32.9 Å². The Balaban J connectivity index is 2.34. The van der Waals surface area contributed by atoms with E-state index in [9.17, 15) is 22.4 Å². The maximum atomic E-state index is 13.3. The molecule has 0 radical (unpaired) electrons. The summed E-state index contributed by atoms with van der Waals surface area (Å²) in [5.74, 6) is -1.19. The number of sulfonamides is 1. The summed E-state index contributed by atoms with van der Waals surface area (Å²) < 4.78 is 39.3. The average molecular weight is 450 g/mol. The van der Waals surface area contributed by atoms with Crippen LogP contribution in [0.3, 0.4) is 0 Å². The molecule has 2 rings (SSSR count). The van der Waals surface area contributed by atoms with Gasteiger partial charge in [-0.25, -0.2) is 12.8 Å². The Kier molecular flexibility index (Phi) is 8.15. The molecule has 7 nitrogen and oxygen atoms in total. The average Bonchev–Trinajstić information content (AvgIpc) is 2.70. The number of para-hydroxylation sites is 1. The number of amides is 2. The molecule has 0 spiro atoms. The van der Waals surface area contributed by atoms with E-state index in [1.807, 2.05) is 13.8 Å². The van der Waals surface area contributed by atoms with Crippen molar-refractivity contribution in [3.8, 4) is 0 Å². The van der Waals surface area contributed by atoms with Crippen LogP contribution < -0.4 is 14.9 Å². The van der Waals surface area contributed by atoms with Crippen LogP contribution in [-0.4, -0.2) is 39.1 Å². The molecule has 0 aliphatic carbocycles. The fourth-order valence-corrected chi connectivity index (χ4v) is 4.26. The molecule has 0 aliphatic heterocycles. The number of hydrogen-bond acceptors (Lipinski definition) is 4. The second-order valence-electron chi connectivity index (χ2n) is 7.60. The van der Waals surface area contributed by atoms with Gasteiger partial charge in [-0.2, -0.15) is 0 Å². The summed E-state index contributed by atoms with van der Waals surface area (Å²) in [6.45, 7) is 6.09. The van der Waals surface area contributed by atoms with E-state index < -0.39 is 27.8 Å². The van der Waals surface area contributed by atoms with Crippen molar-refractivity contribution in [1.29, 1.82) is 0 Å². The molecule has 0 saturated heterocycles. The van der Waals surface area contributed by atoms with Gasteiger partial charge in [0.25, 0.3) is 5.91 Å². The molecule has 1 atom stereocenters. The van der Waals surface area contributed by atoms with Crippen molar-refractivity contribution >= 4 is 33.2 Å². The molecule has 0 bridgehead atoms. The number of halogens is 1. The van der Waals surface area contributed by atoms with Crippen LogP contribution in [0.2, 0.25) is 0 Å². The Labute approximate surface area is 182 Å². The van der Waals surface area contributed by atoms with Gasteiger partial charge < -0.3 is 10.6 Å². The molecular formula is C22H28FN3O4S. The number of carbonyl (C=O) groups is 2. The number of nitrogens with zero attached hydrogens (tertiary/aromatic N) is 1. The van der Waals surface area contributed by atoms with Crippen molar-refractivity contribution in [2.24, 2.45) is 5.92 Å². The third-order valence-electron chi connectivity index (χ3n) is 4.51. The Morgan fingerprint density at radius 1 is 1.06 bits per heavy atom. The van der Waals surface area contributed by atoms with E-state index in [0.29, 0.717) is 6.54 Å². The van der Waals surface area contributed by atoms with Crippen LogP contribution in [0.15, 0.2) is 48.5 Å². The largest absolute Gasteiger partial charge is 0.352 e. The molecule has 2 N–H and O–H groups in total. The summed E-state index contributed by atoms with van der Waals surface area (Å²) >= 11 is 0. The first-order valence-electron chi connectivity index (χ1n) is 9.97. The summed E-state index contributed by atoms with van der Waals surface area (Å²) in [6, 6.07) is 10.3. The molecule has 2 aromatic carbocycles. The standard InChI is InChI=1S/C22H28FN3O4S/c1-5-20(26(31(4,29)30)17-12-10-16(23)11-13-17)22(28)25-19-9-7-6-8-18(19)21(27)24-14-15(2)3/h6-13,15,20H,5,14H2,1-4H3,(H,24,27)(H,25,28)/t20-/m1/s1. The molecule has 0 aromatic heterocycles. The van der Waals surface area contributed by atoms with Crippen molar-refractivity contribution in [3.05, 3.63) is 59.9 Å². The van der Waals surface area contributed by atoms with Crippen LogP contribution in [0.25, 0.3) is 0 Å². The summed E-state index contributed by atoms with van der Waals surface area (Å²) in [5, 5.41) is 5.49. The van der Waals surface area contributed by atoms with Crippen LogP contribution in [0.1, 0.15) is 37.6 Å². The lowest BCUT2D eigenvalue weighted by Crippen LogP contribution is -2.47. The van der Waals surface area contributed by atoms with E-state index in [2.05, 4.69) is 10.6 Å². The molecule has 0 heterocycles. The number of benzene rings is 2. The Morgan fingerprint density at radius 3 is 2.23 bits per heavy atom. The summed E-state index contributed by atoms with van der Waals surface area (Å²) in [6.07, 6.45) is 1.15. The first-order valence-corrected chi connectivity index (χ1v) is 11.8. The first-order chi connectivity index (χ1) is 14.5. The number of carbonyl (C=O) groups excluding carboxylic acids is 2. The second-order valence-corrected chi connectivity index (χ2v) is 9.46. The zero-order valence-electron chi connectivity index (χ0n) is 18.1. The zero-order chi connectivity index (χ0) is 23.2. The van der Waals surface area contributed by atoms with E-state index >= 15 is 0 Å². The highest BCUT2D eigenvalue weighted by molar-refractivity contribution is 7.92. The highest BCUT2D eigenvalue weighted by atomic mass is 32.2. The van der Waals surface area contributed by atoms with Gasteiger partial charge in [-0.05, 0) is 48.7 Å². The number of hydrogen-bond donors (Lipinski definition) is 2. The quantitative estimate of drug-likeness (QED) is 0.613. The van der Waals surface area contributed by atoms with Crippen molar-refractivity contribution in [1.82, 2.24) is 5.32 Å². The van der Waals surface area contributed by atoms with Gasteiger partial charge in [0, 0.05) is 6.54 Å². The molecule has 0 fully saturated rings. The topological polar surface area (TPSA) is 95.6 Å². The summed E-state index contributed by atoms with van der Waals surface area (Å²) in [7, 11) is -3.85. The molecular weight excluding hydrogens is 421 g/mol. The van der Waals surface area contributed by atoms with E-state index in [4.69, 9.17) is 0 Å². The number of anilines is 2. The Bertz CT molecular complexity index is 1020. The fourth-order valence-electron chi connectivity index (χ4n) is 3.05. The highest BCUT2D eigenvalue weighted by Gasteiger charge is 2.32. The Hall–Kier alpha value is -2.94. The van der Waals surface area contributed by atoms with Crippen molar-refractivity contribution in [2.75, 3.05) is 22.4 Å². The van der Waals surface area contributed by atoms with Gasteiger partial charge in [0.2, 0.25) is 15.9 Å². The van der Waals surface area contributed by atoms with Gasteiger partial charge >= 0.3 is 0 Å². The predicted octanol–water partition coefficient (Wildman–Crippen LogP) is 3.39. The molecule has 168 valence electrons. The fraction of sp³-hybridized carbons (Fsp3) is 0.364. The molecule has 9 heteroatoms. The molecule has 2 aromatic rings. The lowest BCUT2D eigenvalue weighted by molar-refractivity contribution is -0.117. The molecule has 31 heavy (non-hydrogen) atoms. The third kappa shape index (κ3) is 6.52. The minimum absolute atomic E-state index is 0.165. The maximum Gasteiger partial charge on any atom is 0.253 e. The predicted molar refractivity (Wildman–Crippen MR) is 120 cm³/mol. The third-order valence-corrected chi connectivity index (χ3v) is 5.69. The van der Waals surface area contributed by atoms with Gasteiger partial charge in [-0.15, -0.1) is 0 Å². The van der Waals surface area contributed by atoms with E-state index in [-0.39, 0.29) is 35.2 Å². The monoisotopic (exact) mass is 449 g/mol. The van der Waals surface area contributed by atoms with Gasteiger partial charge in [0.1, 0.15) is 11.9 Å². The van der Waals surface area contributed by atoms with Gasteiger partial charge in [0.15, 0.2) is 0 Å². The lowest BCUT2D eigenvalue weighted by atomic mass is 10.1. The first kappa shape index (κ1) is 24.3. The van der Waals surface area contributed by atoms with E-state index in [1.165, 1.54) is 12.1 Å².